The van der Waals surface area contributed by atoms with Crippen LogP contribution in [0, 0.1) is 5.82 Å². The van der Waals surface area contributed by atoms with Gasteiger partial charge < -0.3 is 9.64 Å². The zero-order valence-electron chi connectivity index (χ0n) is 9.20. The second kappa shape index (κ2) is 4.51. The molecule has 2 rings (SSSR count). The van der Waals surface area contributed by atoms with Crippen LogP contribution in [-0.4, -0.2) is 26.0 Å². The average Bonchev–Trinajstić information content (AvgIpc) is 2.31. The number of ketones is 1. The molecule has 0 radical (unpaired) electrons. The number of methoxy groups -OCH3 is 1. The number of piperidine rings is 1. The normalized spacial score (nSPS) is 16.4. The monoisotopic (exact) mass is 223 g/mol. The third-order valence-corrected chi connectivity index (χ3v) is 2.82. The first-order chi connectivity index (χ1) is 7.70. The van der Waals surface area contributed by atoms with Crippen LogP contribution in [0.15, 0.2) is 18.2 Å². The highest BCUT2D eigenvalue weighted by Crippen LogP contribution is 2.25. The Kier molecular flexibility index (Phi) is 3.08. The van der Waals surface area contributed by atoms with Crippen molar-refractivity contribution in [2.45, 2.75) is 12.8 Å². The molecule has 3 nitrogen and oxygen atoms in total. The molecule has 86 valence electrons. The molecule has 1 aliphatic heterocycles. The van der Waals surface area contributed by atoms with Crippen molar-refractivity contribution in [3.63, 3.8) is 0 Å². The lowest BCUT2D eigenvalue weighted by Crippen LogP contribution is -2.33. The molecule has 0 saturated carbocycles. The minimum absolute atomic E-state index is 0.245. The molecular weight excluding hydrogens is 209 g/mol. The van der Waals surface area contributed by atoms with Crippen LogP contribution in [0.3, 0.4) is 0 Å². The lowest BCUT2D eigenvalue weighted by Gasteiger charge is -2.28. The number of Topliss-reactive ketones (excluding diaryl/α,β-unsaturated/α-hetero) is 1. The molecule has 1 heterocycles. The van der Waals surface area contributed by atoms with Crippen LogP contribution < -0.4 is 9.64 Å². The van der Waals surface area contributed by atoms with Gasteiger partial charge in [-0.2, -0.15) is 0 Å². The van der Waals surface area contributed by atoms with Crippen LogP contribution in [0.5, 0.6) is 5.75 Å². The predicted octanol–water partition coefficient (Wildman–Crippen LogP) is 2.00. The van der Waals surface area contributed by atoms with E-state index < -0.39 is 0 Å². The van der Waals surface area contributed by atoms with Gasteiger partial charge in [0.25, 0.3) is 0 Å². The summed E-state index contributed by atoms with van der Waals surface area (Å²) in [5.41, 5.74) is 0.908. The summed E-state index contributed by atoms with van der Waals surface area (Å²) >= 11 is 0. The number of halogens is 1. The summed E-state index contributed by atoms with van der Waals surface area (Å²) in [6.07, 6.45) is 1.14. The molecule has 1 fully saturated rings. The number of hydrogen-bond donors (Lipinski definition) is 0. The van der Waals surface area contributed by atoms with Gasteiger partial charge in [0, 0.05) is 37.7 Å². The predicted molar refractivity (Wildman–Crippen MR) is 59.4 cm³/mol. The first-order valence-corrected chi connectivity index (χ1v) is 5.31. The highest BCUT2D eigenvalue weighted by atomic mass is 19.1. The van der Waals surface area contributed by atoms with Crippen molar-refractivity contribution in [2.24, 2.45) is 0 Å². The Morgan fingerprint density at radius 3 is 2.62 bits per heavy atom. The molecule has 16 heavy (non-hydrogen) atoms. The lowest BCUT2D eigenvalue weighted by atomic mass is 10.1. The van der Waals surface area contributed by atoms with E-state index >= 15 is 0 Å². The second-order valence-corrected chi connectivity index (χ2v) is 3.84. The quantitative estimate of drug-likeness (QED) is 0.768. The van der Waals surface area contributed by atoms with Gasteiger partial charge in [0.2, 0.25) is 0 Å². The van der Waals surface area contributed by atoms with E-state index in [1.807, 2.05) is 0 Å². The topological polar surface area (TPSA) is 29.5 Å². The zero-order valence-corrected chi connectivity index (χ0v) is 9.20. The fourth-order valence-electron chi connectivity index (χ4n) is 1.86. The Morgan fingerprint density at radius 2 is 2.00 bits per heavy atom. The van der Waals surface area contributed by atoms with Crippen molar-refractivity contribution in [3.8, 4) is 5.75 Å². The van der Waals surface area contributed by atoms with Crippen LogP contribution in [0.2, 0.25) is 0 Å². The van der Waals surface area contributed by atoms with Crippen LogP contribution in [0.1, 0.15) is 12.8 Å². The van der Waals surface area contributed by atoms with Gasteiger partial charge in [-0.25, -0.2) is 4.39 Å². The van der Waals surface area contributed by atoms with E-state index in [2.05, 4.69) is 4.90 Å². The van der Waals surface area contributed by atoms with E-state index in [-0.39, 0.29) is 11.6 Å². The molecule has 0 N–H and O–H groups in total. The van der Waals surface area contributed by atoms with E-state index in [1.165, 1.54) is 13.2 Å². The lowest BCUT2D eigenvalue weighted by molar-refractivity contribution is -0.119. The van der Waals surface area contributed by atoms with E-state index in [9.17, 15) is 9.18 Å². The van der Waals surface area contributed by atoms with Crippen molar-refractivity contribution >= 4 is 11.5 Å². The van der Waals surface area contributed by atoms with Gasteiger partial charge in [-0.1, -0.05) is 0 Å². The average molecular weight is 223 g/mol. The molecule has 1 saturated heterocycles. The first-order valence-electron chi connectivity index (χ1n) is 5.31. The van der Waals surface area contributed by atoms with Gasteiger partial charge in [0.05, 0.1) is 7.11 Å². The van der Waals surface area contributed by atoms with Crippen molar-refractivity contribution in [2.75, 3.05) is 25.1 Å². The molecular formula is C12H14FNO2. The summed E-state index contributed by atoms with van der Waals surface area (Å²) in [6.45, 7) is 1.40. The van der Waals surface area contributed by atoms with Gasteiger partial charge in [-0.05, 0) is 12.1 Å². The van der Waals surface area contributed by atoms with E-state index in [4.69, 9.17) is 4.74 Å². The number of anilines is 1. The van der Waals surface area contributed by atoms with Crippen LogP contribution in [0.4, 0.5) is 10.1 Å². The van der Waals surface area contributed by atoms with E-state index in [0.717, 1.165) is 5.69 Å². The number of ether oxygens (including phenoxy) is 1. The van der Waals surface area contributed by atoms with Gasteiger partial charge in [-0.15, -0.1) is 0 Å². The number of carbonyl (C=O) groups is 1. The summed E-state index contributed by atoms with van der Waals surface area (Å²) in [7, 11) is 1.45. The molecule has 0 bridgehead atoms. The summed E-state index contributed by atoms with van der Waals surface area (Å²) in [4.78, 5) is 13.2. The summed E-state index contributed by atoms with van der Waals surface area (Å²) in [6, 6.07) is 4.78. The van der Waals surface area contributed by atoms with Gasteiger partial charge in [-0.3, -0.25) is 4.79 Å². The first kappa shape index (κ1) is 10.9. The minimum Gasteiger partial charge on any atom is -0.494 e. The van der Waals surface area contributed by atoms with Crippen LogP contribution in [-0.2, 0) is 4.79 Å². The van der Waals surface area contributed by atoms with Gasteiger partial charge in [0.15, 0.2) is 11.6 Å². The molecule has 1 aromatic carbocycles. The number of hydrogen-bond acceptors (Lipinski definition) is 3. The largest absolute Gasteiger partial charge is 0.494 e. The van der Waals surface area contributed by atoms with Gasteiger partial charge in [0.1, 0.15) is 5.78 Å². The minimum atomic E-state index is -0.362. The standard InChI is InChI=1S/C12H14FNO2/c1-16-12-8-9(2-3-11(12)13)14-6-4-10(15)5-7-14/h2-3,8H,4-7H2,1H3. The Labute approximate surface area is 93.8 Å². The molecule has 0 spiro atoms. The van der Waals surface area contributed by atoms with Crippen molar-refractivity contribution < 1.29 is 13.9 Å². The molecule has 1 aliphatic rings. The van der Waals surface area contributed by atoms with Crippen molar-refractivity contribution in [1.29, 1.82) is 0 Å². The SMILES string of the molecule is COc1cc(N2CCC(=O)CC2)ccc1F. The third kappa shape index (κ3) is 2.15. The van der Waals surface area contributed by atoms with Crippen molar-refractivity contribution in [1.82, 2.24) is 0 Å². The summed E-state index contributed by atoms with van der Waals surface area (Å²) in [5, 5.41) is 0. The molecule has 0 aliphatic carbocycles. The fourth-order valence-corrected chi connectivity index (χ4v) is 1.86. The molecule has 0 aromatic heterocycles. The Balaban J connectivity index is 2.17. The number of nitrogens with zero attached hydrogens (tertiary/aromatic N) is 1. The maximum Gasteiger partial charge on any atom is 0.165 e. The second-order valence-electron chi connectivity index (χ2n) is 3.84. The number of benzene rings is 1. The van der Waals surface area contributed by atoms with Crippen molar-refractivity contribution in [3.05, 3.63) is 24.0 Å². The smallest absolute Gasteiger partial charge is 0.165 e. The summed E-state index contributed by atoms with van der Waals surface area (Å²) in [5.74, 6) is 0.180. The Bertz CT molecular complexity index is 396. The molecule has 1 aromatic rings. The Hall–Kier alpha value is -1.58. The van der Waals surface area contributed by atoms with E-state index in [0.29, 0.717) is 31.7 Å². The zero-order chi connectivity index (χ0) is 11.5. The highest BCUT2D eigenvalue weighted by Gasteiger charge is 2.17. The fraction of sp³-hybridized carbons (Fsp3) is 0.417. The third-order valence-electron chi connectivity index (χ3n) is 2.82. The molecule has 0 atom stereocenters. The number of carbonyl (C=O) groups excluding carboxylic acids is 1. The van der Waals surface area contributed by atoms with E-state index in [1.54, 1.807) is 12.1 Å². The van der Waals surface area contributed by atoms with Crippen LogP contribution in [0.25, 0.3) is 0 Å². The molecule has 4 heteroatoms. The maximum absolute atomic E-state index is 13.2. The van der Waals surface area contributed by atoms with Gasteiger partial charge >= 0.3 is 0 Å². The summed E-state index contributed by atoms with van der Waals surface area (Å²) < 4.78 is 18.1. The highest BCUT2D eigenvalue weighted by molar-refractivity contribution is 5.81. The Morgan fingerprint density at radius 1 is 1.31 bits per heavy atom. The van der Waals surface area contributed by atoms with Crippen LogP contribution >= 0.6 is 0 Å². The number of rotatable bonds is 2. The molecule has 0 unspecified atom stereocenters. The maximum atomic E-state index is 13.2. The molecule has 0 amide bonds.